The lowest BCUT2D eigenvalue weighted by Gasteiger charge is -2.31. The summed E-state index contributed by atoms with van der Waals surface area (Å²) in [7, 11) is 0. The number of carbonyl (C=O) groups excluding carboxylic acids is 2. The van der Waals surface area contributed by atoms with Gasteiger partial charge in [0.05, 0.1) is 4.47 Å². The number of amides is 2. The van der Waals surface area contributed by atoms with Crippen LogP contribution in [0.3, 0.4) is 0 Å². The predicted molar refractivity (Wildman–Crippen MR) is 158 cm³/mol. The van der Waals surface area contributed by atoms with Crippen molar-refractivity contribution in [1.29, 1.82) is 0 Å². The second-order valence-corrected chi connectivity index (χ2v) is 11.1. The lowest BCUT2D eigenvalue weighted by Crippen LogP contribution is -2.51. The molecule has 0 aliphatic carbocycles. The summed E-state index contributed by atoms with van der Waals surface area (Å²) in [5.74, 6) is 0.365. The van der Waals surface area contributed by atoms with Crippen LogP contribution in [0.25, 0.3) is 0 Å². The Morgan fingerprint density at radius 2 is 1.76 bits per heavy atom. The molecule has 202 valence electrons. The molecule has 0 bridgehead atoms. The van der Waals surface area contributed by atoms with Crippen LogP contribution in [0.4, 0.5) is 0 Å². The van der Waals surface area contributed by atoms with Crippen molar-refractivity contribution in [1.82, 2.24) is 10.2 Å². The number of nitrogens with one attached hydrogen (secondary N) is 1. The van der Waals surface area contributed by atoms with Crippen LogP contribution in [0.2, 0.25) is 10.0 Å². The first-order valence-corrected chi connectivity index (χ1v) is 14.2. The normalized spacial score (nSPS) is 11.8. The monoisotopic (exact) mass is 618 g/mol. The number of benzene rings is 3. The Bertz CT molecular complexity index is 1240. The third-order valence-corrected chi connectivity index (χ3v) is 7.36. The first kappa shape index (κ1) is 30.0. The third kappa shape index (κ3) is 8.48. The zero-order valence-electron chi connectivity index (χ0n) is 21.8. The van der Waals surface area contributed by atoms with E-state index in [-0.39, 0.29) is 25.0 Å². The molecule has 0 saturated carbocycles. The molecule has 0 aliphatic rings. The van der Waals surface area contributed by atoms with Gasteiger partial charge in [0, 0.05) is 29.6 Å². The largest absolute Gasteiger partial charge is 0.483 e. The van der Waals surface area contributed by atoms with E-state index in [0.29, 0.717) is 40.2 Å². The fraction of sp³-hybridized carbons (Fsp3) is 0.333. The first-order valence-electron chi connectivity index (χ1n) is 12.7. The van der Waals surface area contributed by atoms with E-state index in [0.717, 1.165) is 22.0 Å². The smallest absolute Gasteiger partial charge is 0.261 e. The minimum atomic E-state index is -0.765. The number of carbonyl (C=O) groups is 2. The van der Waals surface area contributed by atoms with Gasteiger partial charge < -0.3 is 15.0 Å². The van der Waals surface area contributed by atoms with Crippen molar-refractivity contribution in [2.24, 2.45) is 0 Å². The van der Waals surface area contributed by atoms with Crippen LogP contribution in [0.5, 0.6) is 5.75 Å². The highest BCUT2D eigenvalue weighted by atomic mass is 79.9. The van der Waals surface area contributed by atoms with Crippen molar-refractivity contribution >= 4 is 50.9 Å². The molecule has 0 radical (unpaired) electrons. The van der Waals surface area contributed by atoms with Gasteiger partial charge in [0.15, 0.2) is 6.61 Å². The van der Waals surface area contributed by atoms with Crippen molar-refractivity contribution in [2.45, 2.75) is 52.1 Å². The maximum Gasteiger partial charge on any atom is 0.261 e. The van der Waals surface area contributed by atoms with E-state index in [1.165, 1.54) is 0 Å². The first-order chi connectivity index (χ1) is 18.2. The van der Waals surface area contributed by atoms with E-state index in [9.17, 15) is 9.59 Å². The molecule has 5 nitrogen and oxygen atoms in total. The van der Waals surface area contributed by atoms with E-state index in [1.807, 2.05) is 55.5 Å². The molecular formula is C30H33BrCl2N2O3. The van der Waals surface area contributed by atoms with Crippen LogP contribution in [0.1, 0.15) is 49.8 Å². The fourth-order valence-corrected chi connectivity index (χ4v) is 4.95. The van der Waals surface area contributed by atoms with Crippen LogP contribution < -0.4 is 10.1 Å². The molecule has 1 N–H and O–H groups in total. The topological polar surface area (TPSA) is 58.6 Å². The summed E-state index contributed by atoms with van der Waals surface area (Å²) < 4.78 is 6.71. The van der Waals surface area contributed by atoms with Gasteiger partial charge in [0.1, 0.15) is 11.8 Å². The summed E-state index contributed by atoms with van der Waals surface area (Å²) in [6, 6.07) is 19.8. The molecule has 0 saturated heterocycles. The third-order valence-electron chi connectivity index (χ3n) is 6.15. The summed E-state index contributed by atoms with van der Waals surface area (Å²) in [5.41, 5.74) is 2.79. The van der Waals surface area contributed by atoms with Gasteiger partial charge in [-0.3, -0.25) is 9.59 Å². The van der Waals surface area contributed by atoms with E-state index in [2.05, 4.69) is 35.1 Å². The molecule has 0 fully saturated rings. The summed E-state index contributed by atoms with van der Waals surface area (Å²) in [6.07, 6.45) is 1.13. The summed E-state index contributed by atoms with van der Waals surface area (Å²) >= 11 is 16.1. The van der Waals surface area contributed by atoms with Gasteiger partial charge in [-0.1, -0.05) is 86.4 Å². The molecule has 3 aromatic rings. The van der Waals surface area contributed by atoms with Gasteiger partial charge >= 0.3 is 0 Å². The summed E-state index contributed by atoms with van der Waals surface area (Å²) in [6.45, 7) is 6.61. The number of halogens is 3. The zero-order chi connectivity index (χ0) is 27.7. The van der Waals surface area contributed by atoms with Crippen molar-refractivity contribution < 1.29 is 14.3 Å². The maximum absolute atomic E-state index is 13.7. The number of nitrogens with zero attached hydrogens (tertiary/aromatic N) is 1. The standard InChI is InChI=1S/C30H33BrCl2N2O3/c1-4-14-34-30(37)27(15-21-8-6-5-7-9-21)35(18-23-10-12-24(32)17-26(23)33)29(36)19-38-28-13-11-22(20(2)3)16-25(28)31/h5-13,16-17,20,27H,4,14-15,18-19H2,1-3H3,(H,34,37)/t27-/m1/s1. The van der Waals surface area contributed by atoms with Crippen LogP contribution >= 0.6 is 39.1 Å². The van der Waals surface area contributed by atoms with E-state index in [4.69, 9.17) is 27.9 Å². The second kappa shape index (κ2) is 14.6. The minimum Gasteiger partial charge on any atom is -0.483 e. The molecule has 0 unspecified atom stereocenters. The molecule has 1 atom stereocenters. The molecule has 0 spiro atoms. The number of ether oxygens (including phenoxy) is 1. The second-order valence-electron chi connectivity index (χ2n) is 9.39. The number of rotatable bonds is 12. The van der Waals surface area contributed by atoms with E-state index >= 15 is 0 Å². The molecule has 0 aromatic heterocycles. The lowest BCUT2D eigenvalue weighted by molar-refractivity contribution is -0.142. The predicted octanol–water partition coefficient (Wildman–Crippen LogP) is 7.42. The van der Waals surface area contributed by atoms with Gasteiger partial charge in [-0.15, -0.1) is 0 Å². The molecule has 38 heavy (non-hydrogen) atoms. The van der Waals surface area contributed by atoms with Crippen LogP contribution in [0.15, 0.2) is 71.2 Å². The van der Waals surface area contributed by atoms with Gasteiger partial charge in [0.25, 0.3) is 5.91 Å². The zero-order valence-corrected chi connectivity index (χ0v) is 24.9. The number of hydrogen-bond donors (Lipinski definition) is 1. The quantitative estimate of drug-likeness (QED) is 0.229. The van der Waals surface area contributed by atoms with Crippen molar-refractivity contribution in [3.63, 3.8) is 0 Å². The van der Waals surface area contributed by atoms with E-state index in [1.54, 1.807) is 23.1 Å². The molecule has 0 heterocycles. The van der Waals surface area contributed by atoms with Gasteiger partial charge in [0.2, 0.25) is 5.91 Å². The highest BCUT2D eigenvalue weighted by Gasteiger charge is 2.31. The molecule has 8 heteroatoms. The number of hydrogen-bond acceptors (Lipinski definition) is 3. The van der Waals surface area contributed by atoms with Crippen molar-refractivity contribution in [3.8, 4) is 5.75 Å². The minimum absolute atomic E-state index is 0.128. The Balaban J connectivity index is 1.92. The Morgan fingerprint density at radius 3 is 2.39 bits per heavy atom. The van der Waals surface area contributed by atoms with Crippen LogP contribution in [-0.2, 0) is 22.6 Å². The van der Waals surface area contributed by atoms with Gasteiger partial charge in [-0.05, 0) is 69.2 Å². The van der Waals surface area contributed by atoms with Crippen LogP contribution in [-0.4, -0.2) is 35.9 Å². The van der Waals surface area contributed by atoms with Crippen molar-refractivity contribution in [2.75, 3.05) is 13.2 Å². The summed E-state index contributed by atoms with van der Waals surface area (Å²) in [4.78, 5) is 28.7. The SMILES string of the molecule is CCCNC(=O)[C@@H](Cc1ccccc1)N(Cc1ccc(Cl)cc1Cl)C(=O)COc1ccc(C(C)C)cc1Br. The fourth-order valence-electron chi connectivity index (χ4n) is 3.97. The molecule has 2 amide bonds. The van der Waals surface area contributed by atoms with Gasteiger partial charge in [-0.2, -0.15) is 0 Å². The molecule has 3 rings (SSSR count). The Kier molecular flexibility index (Phi) is 11.5. The maximum atomic E-state index is 13.7. The highest BCUT2D eigenvalue weighted by molar-refractivity contribution is 9.10. The average molecular weight is 620 g/mol. The molecular weight excluding hydrogens is 587 g/mol. The average Bonchev–Trinajstić information content (AvgIpc) is 2.90. The van der Waals surface area contributed by atoms with Crippen LogP contribution in [0, 0.1) is 0 Å². The van der Waals surface area contributed by atoms with E-state index < -0.39 is 6.04 Å². The Labute approximate surface area is 243 Å². The Morgan fingerprint density at radius 1 is 1.03 bits per heavy atom. The summed E-state index contributed by atoms with van der Waals surface area (Å²) in [5, 5.41) is 3.88. The van der Waals surface area contributed by atoms with Crippen molar-refractivity contribution in [3.05, 3.63) is 97.9 Å². The van der Waals surface area contributed by atoms with Gasteiger partial charge in [-0.25, -0.2) is 0 Å². The molecule has 0 aliphatic heterocycles. The molecule has 3 aromatic carbocycles. The highest BCUT2D eigenvalue weighted by Crippen LogP contribution is 2.29. The Hall–Kier alpha value is -2.54. The lowest BCUT2D eigenvalue weighted by atomic mass is 10.0.